The fourth-order valence-corrected chi connectivity index (χ4v) is 8.72. The lowest BCUT2D eigenvalue weighted by Gasteiger charge is -2.29. The molecule has 0 N–H and O–H groups in total. The summed E-state index contributed by atoms with van der Waals surface area (Å²) in [6.45, 7) is 0. The van der Waals surface area contributed by atoms with Gasteiger partial charge in [-0.3, -0.25) is 0 Å². The van der Waals surface area contributed by atoms with Gasteiger partial charge in [-0.1, -0.05) is 152 Å². The lowest BCUT2D eigenvalue weighted by atomic mass is 9.95. The highest BCUT2D eigenvalue weighted by Gasteiger charge is 2.20. The number of hydrogen-bond donors (Lipinski definition) is 0. The van der Waals surface area contributed by atoms with E-state index in [1.54, 1.807) is 0 Å². The second-order valence-corrected chi connectivity index (χ2v) is 14.5. The van der Waals surface area contributed by atoms with Gasteiger partial charge in [0.25, 0.3) is 0 Å². The maximum atomic E-state index is 2.45. The lowest BCUT2D eigenvalue weighted by Crippen LogP contribution is -2.11. The first-order chi connectivity index (χ1) is 25.7. The van der Waals surface area contributed by atoms with Gasteiger partial charge in [0.05, 0.1) is 5.69 Å². The Morgan fingerprint density at radius 2 is 0.846 bits per heavy atom. The molecule has 1 aromatic heterocycles. The summed E-state index contributed by atoms with van der Waals surface area (Å²) in [4.78, 5) is 2.45. The van der Waals surface area contributed by atoms with Crippen molar-refractivity contribution in [2.45, 2.75) is 0 Å². The highest BCUT2D eigenvalue weighted by Crippen LogP contribution is 2.45. The molecule has 0 bridgehead atoms. The van der Waals surface area contributed by atoms with E-state index in [9.17, 15) is 0 Å². The fourth-order valence-electron chi connectivity index (χ4n) is 7.58. The summed E-state index contributed by atoms with van der Waals surface area (Å²) in [5.74, 6) is 0. The topological polar surface area (TPSA) is 3.24 Å². The molecule has 244 valence electrons. The van der Waals surface area contributed by atoms with Crippen molar-refractivity contribution in [3.05, 3.63) is 200 Å². The van der Waals surface area contributed by atoms with Crippen LogP contribution in [0.4, 0.5) is 17.1 Å². The van der Waals surface area contributed by atoms with Gasteiger partial charge in [0.1, 0.15) is 0 Å². The third kappa shape index (κ3) is 5.42. The third-order valence-corrected chi connectivity index (χ3v) is 11.4. The zero-order valence-electron chi connectivity index (χ0n) is 28.4. The molecule has 0 radical (unpaired) electrons. The molecule has 10 rings (SSSR count). The van der Waals surface area contributed by atoms with Crippen LogP contribution >= 0.6 is 11.3 Å². The average Bonchev–Trinajstić information content (AvgIpc) is 3.59. The maximum absolute atomic E-state index is 2.45. The quantitative estimate of drug-likeness (QED) is 0.169. The summed E-state index contributed by atoms with van der Waals surface area (Å²) in [7, 11) is 0. The van der Waals surface area contributed by atoms with Crippen LogP contribution in [0.3, 0.4) is 0 Å². The number of benzene rings is 9. The summed E-state index contributed by atoms with van der Waals surface area (Å²) < 4.78 is 2.59. The zero-order valence-corrected chi connectivity index (χ0v) is 29.2. The van der Waals surface area contributed by atoms with Crippen molar-refractivity contribution < 1.29 is 0 Å². The predicted octanol–water partition coefficient (Wildman–Crippen LogP) is 14.8. The Labute approximate surface area is 307 Å². The first-order valence-electron chi connectivity index (χ1n) is 17.7. The normalized spacial score (nSPS) is 11.5. The molecule has 0 aliphatic carbocycles. The monoisotopic (exact) mass is 679 g/mol. The largest absolute Gasteiger partial charge is 0.310 e. The summed E-state index contributed by atoms with van der Waals surface area (Å²) in [5, 5.41) is 7.60. The van der Waals surface area contributed by atoms with Crippen molar-refractivity contribution in [1.29, 1.82) is 0 Å². The number of rotatable bonds is 6. The Kier molecular flexibility index (Phi) is 7.41. The Hall–Kier alpha value is -6.48. The van der Waals surface area contributed by atoms with Gasteiger partial charge in [-0.2, -0.15) is 0 Å². The second kappa shape index (κ2) is 12.7. The highest BCUT2D eigenvalue weighted by molar-refractivity contribution is 7.25. The van der Waals surface area contributed by atoms with Crippen molar-refractivity contribution in [2.24, 2.45) is 0 Å². The van der Waals surface area contributed by atoms with E-state index in [0.29, 0.717) is 0 Å². The minimum absolute atomic E-state index is 1.11. The van der Waals surface area contributed by atoms with Crippen molar-refractivity contribution in [3.8, 4) is 33.4 Å². The maximum Gasteiger partial charge on any atom is 0.0546 e. The molecule has 1 nitrogen and oxygen atoms in total. The van der Waals surface area contributed by atoms with Crippen LogP contribution in [0, 0.1) is 0 Å². The van der Waals surface area contributed by atoms with E-state index in [1.165, 1.54) is 75.1 Å². The van der Waals surface area contributed by atoms with Crippen LogP contribution < -0.4 is 4.90 Å². The summed E-state index contributed by atoms with van der Waals surface area (Å²) >= 11 is 1.86. The number of fused-ring (bicyclic) bond motifs is 5. The van der Waals surface area contributed by atoms with Crippen LogP contribution in [-0.2, 0) is 0 Å². The van der Waals surface area contributed by atoms with E-state index in [1.807, 2.05) is 11.3 Å². The van der Waals surface area contributed by atoms with Crippen LogP contribution in [-0.4, -0.2) is 0 Å². The Bertz CT molecular complexity index is 2900. The zero-order chi connectivity index (χ0) is 34.4. The van der Waals surface area contributed by atoms with E-state index in [-0.39, 0.29) is 0 Å². The molecule has 1 heterocycles. The summed E-state index contributed by atoms with van der Waals surface area (Å²) in [6.07, 6.45) is 0. The van der Waals surface area contributed by atoms with E-state index in [0.717, 1.165) is 17.1 Å². The van der Waals surface area contributed by atoms with Crippen molar-refractivity contribution in [3.63, 3.8) is 0 Å². The van der Waals surface area contributed by atoms with Crippen molar-refractivity contribution in [1.82, 2.24) is 0 Å². The minimum Gasteiger partial charge on any atom is -0.310 e. The molecular formula is C50H33NS. The Morgan fingerprint density at radius 3 is 1.58 bits per heavy atom. The predicted molar refractivity (Wildman–Crippen MR) is 225 cm³/mol. The smallest absolute Gasteiger partial charge is 0.0546 e. The summed E-state index contributed by atoms with van der Waals surface area (Å²) in [5.41, 5.74) is 10.5. The molecule has 52 heavy (non-hydrogen) atoms. The van der Waals surface area contributed by atoms with Gasteiger partial charge in [-0.15, -0.1) is 11.3 Å². The first kappa shape index (κ1) is 30.4. The Morgan fingerprint density at radius 1 is 0.308 bits per heavy atom. The molecule has 0 unspecified atom stereocenters. The molecule has 10 aromatic rings. The molecule has 0 amide bonds. The highest BCUT2D eigenvalue weighted by atomic mass is 32.1. The van der Waals surface area contributed by atoms with Crippen molar-refractivity contribution >= 4 is 70.1 Å². The number of hydrogen-bond acceptors (Lipinski definition) is 2. The first-order valence-corrected chi connectivity index (χ1v) is 18.6. The van der Waals surface area contributed by atoms with Crippen LogP contribution in [0.15, 0.2) is 200 Å². The SMILES string of the molecule is c1ccc(-c2ccc(-c3ccc4ccccc4c3)cc2N(c2ccc(-c3ccc4ccccc4c3)cc2)c2ccc3c(c2)sc2ccccc23)cc1. The van der Waals surface area contributed by atoms with Gasteiger partial charge in [0.2, 0.25) is 0 Å². The molecule has 2 heteroatoms. The van der Waals surface area contributed by atoms with E-state index < -0.39 is 0 Å². The average molecular weight is 680 g/mol. The molecule has 0 aliphatic rings. The van der Waals surface area contributed by atoms with Gasteiger partial charge in [0.15, 0.2) is 0 Å². The van der Waals surface area contributed by atoms with Gasteiger partial charge in [-0.05, 0) is 97.9 Å². The molecule has 0 aliphatic heterocycles. The molecular weight excluding hydrogens is 647 g/mol. The molecule has 0 fully saturated rings. The molecule has 0 saturated heterocycles. The number of thiophene rings is 1. The number of nitrogens with zero attached hydrogens (tertiary/aromatic N) is 1. The number of anilines is 3. The van der Waals surface area contributed by atoms with Crippen LogP contribution in [0.1, 0.15) is 0 Å². The van der Waals surface area contributed by atoms with E-state index in [4.69, 9.17) is 0 Å². The molecule has 0 spiro atoms. The van der Waals surface area contributed by atoms with Crippen LogP contribution in [0.5, 0.6) is 0 Å². The Balaban J connectivity index is 1.18. The molecule has 0 saturated carbocycles. The fraction of sp³-hybridized carbons (Fsp3) is 0. The van der Waals surface area contributed by atoms with E-state index >= 15 is 0 Å². The van der Waals surface area contributed by atoms with Gasteiger partial charge in [-0.25, -0.2) is 0 Å². The van der Waals surface area contributed by atoms with E-state index in [2.05, 4.69) is 205 Å². The van der Waals surface area contributed by atoms with Crippen LogP contribution in [0.25, 0.3) is 75.1 Å². The minimum atomic E-state index is 1.11. The standard InChI is InChI=1S/C50H33NS/c1-2-12-37(13-3-1)45-28-24-42(41-21-19-35-11-5-7-15-39(35)31-41)32-48(45)51(44-27-29-47-46-16-8-9-17-49(46)52-50(47)33-44)43-25-22-36(23-26-43)40-20-18-34-10-4-6-14-38(34)30-40/h1-33H. The van der Waals surface area contributed by atoms with Gasteiger partial charge < -0.3 is 4.90 Å². The third-order valence-electron chi connectivity index (χ3n) is 10.2. The van der Waals surface area contributed by atoms with Gasteiger partial charge >= 0.3 is 0 Å². The summed E-state index contributed by atoms with van der Waals surface area (Å²) in [6, 6.07) is 73.1. The van der Waals surface area contributed by atoms with Crippen molar-refractivity contribution in [2.75, 3.05) is 4.90 Å². The van der Waals surface area contributed by atoms with Crippen LogP contribution in [0.2, 0.25) is 0 Å². The molecule has 0 atom stereocenters. The lowest BCUT2D eigenvalue weighted by molar-refractivity contribution is 1.29. The van der Waals surface area contributed by atoms with Gasteiger partial charge in [0, 0.05) is 37.1 Å². The second-order valence-electron chi connectivity index (χ2n) is 13.4. The molecule has 9 aromatic carbocycles.